The lowest BCUT2D eigenvalue weighted by Gasteiger charge is -2.04. The number of phenolic OH excluding ortho intramolecular Hbond substituents is 1. The highest BCUT2D eigenvalue weighted by atomic mass is 16.5. The van der Waals surface area contributed by atoms with Crippen LogP contribution in [-0.2, 0) is 4.74 Å². The SMILES string of the molecule is CCC(=O)c1ccc(O)c(C(=O)OC)c1. The Hall–Kier alpha value is -1.84. The molecule has 0 aliphatic carbocycles. The van der Waals surface area contributed by atoms with Gasteiger partial charge in [0.1, 0.15) is 11.3 Å². The number of ether oxygens (including phenoxy) is 1. The fraction of sp³-hybridized carbons (Fsp3) is 0.273. The zero-order valence-corrected chi connectivity index (χ0v) is 8.61. The molecule has 4 heteroatoms. The minimum Gasteiger partial charge on any atom is -0.507 e. The van der Waals surface area contributed by atoms with Crippen molar-refractivity contribution in [2.24, 2.45) is 0 Å². The van der Waals surface area contributed by atoms with Crippen LogP contribution in [0.1, 0.15) is 34.1 Å². The summed E-state index contributed by atoms with van der Waals surface area (Å²) >= 11 is 0. The smallest absolute Gasteiger partial charge is 0.341 e. The maximum absolute atomic E-state index is 11.4. The van der Waals surface area contributed by atoms with Crippen LogP contribution in [0.15, 0.2) is 18.2 Å². The predicted octanol–water partition coefficient (Wildman–Crippen LogP) is 1.77. The molecule has 0 saturated heterocycles. The molecule has 0 amide bonds. The summed E-state index contributed by atoms with van der Waals surface area (Å²) in [5, 5.41) is 9.38. The van der Waals surface area contributed by atoms with Gasteiger partial charge in [0, 0.05) is 12.0 Å². The Kier molecular flexibility index (Phi) is 3.44. The summed E-state index contributed by atoms with van der Waals surface area (Å²) in [7, 11) is 1.22. The number of Topliss-reactive ketones (excluding diaryl/α,β-unsaturated/α-hetero) is 1. The van der Waals surface area contributed by atoms with Crippen LogP contribution in [-0.4, -0.2) is 24.0 Å². The van der Waals surface area contributed by atoms with Crippen LogP contribution >= 0.6 is 0 Å². The van der Waals surface area contributed by atoms with E-state index in [1.165, 1.54) is 25.3 Å². The molecule has 0 radical (unpaired) electrons. The number of rotatable bonds is 3. The molecular weight excluding hydrogens is 196 g/mol. The molecule has 0 heterocycles. The molecule has 0 atom stereocenters. The number of benzene rings is 1. The van der Waals surface area contributed by atoms with Crippen molar-refractivity contribution >= 4 is 11.8 Å². The van der Waals surface area contributed by atoms with Gasteiger partial charge in [-0.2, -0.15) is 0 Å². The van der Waals surface area contributed by atoms with E-state index < -0.39 is 5.97 Å². The first-order chi connectivity index (χ1) is 7.10. The van der Waals surface area contributed by atoms with Gasteiger partial charge in [-0.25, -0.2) is 4.79 Å². The topological polar surface area (TPSA) is 63.6 Å². The second-order valence-corrected chi connectivity index (χ2v) is 3.00. The van der Waals surface area contributed by atoms with Crippen molar-refractivity contribution in [3.8, 4) is 5.75 Å². The van der Waals surface area contributed by atoms with E-state index in [1.54, 1.807) is 6.92 Å². The zero-order chi connectivity index (χ0) is 11.4. The van der Waals surface area contributed by atoms with Gasteiger partial charge in [-0.05, 0) is 18.2 Å². The number of hydrogen-bond acceptors (Lipinski definition) is 4. The maximum atomic E-state index is 11.4. The zero-order valence-electron chi connectivity index (χ0n) is 8.61. The summed E-state index contributed by atoms with van der Waals surface area (Å²) in [4.78, 5) is 22.6. The minimum absolute atomic E-state index is 0.0109. The van der Waals surface area contributed by atoms with E-state index in [-0.39, 0.29) is 17.1 Å². The second kappa shape index (κ2) is 4.59. The molecule has 1 N–H and O–H groups in total. The predicted molar refractivity (Wildman–Crippen MR) is 54.1 cm³/mol. The van der Waals surface area contributed by atoms with Gasteiger partial charge in [0.05, 0.1) is 7.11 Å². The summed E-state index contributed by atoms with van der Waals surface area (Å²) in [6, 6.07) is 4.13. The van der Waals surface area contributed by atoms with Gasteiger partial charge < -0.3 is 9.84 Å². The Labute approximate surface area is 87.5 Å². The third-order valence-corrected chi connectivity index (χ3v) is 2.04. The molecule has 1 aromatic carbocycles. The maximum Gasteiger partial charge on any atom is 0.341 e. The molecule has 0 saturated carbocycles. The molecule has 80 valence electrons. The summed E-state index contributed by atoms with van der Waals surface area (Å²) in [5.41, 5.74) is 0.410. The van der Waals surface area contributed by atoms with Gasteiger partial charge in [0.25, 0.3) is 0 Å². The van der Waals surface area contributed by atoms with Crippen LogP contribution in [0.2, 0.25) is 0 Å². The lowest BCUT2D eigenvalue weighted by molar-refractivity contribution is 0.0597. The molecule has 0 bridgehead atoms. The fourth-order valence-electron chi connectivity index (χ4n) is 1.19. The third-order valence-electron chi connectivity index (χ3n) is 2.04. The Morgan fingerprint density at radius 1 is 1.40 bits per heavy atom. The number of aromatic hydroxyl groups is 1. The second-order valence-electron chi connectivity index (χ2n) is 3.00. The normalized spacial score (nSPS) is 9.73. The van der Waals surface area contributed by atoms with E-state index >= 15 is 0 Å². The highest BCUT2D eigenvalue weighted by Crippen LogP contribution is 2.20. The third kappa shape index (κ3) is 2.34. The van der Waals surface area contributed by atoms with Gasteiger partial charge in [0.2, 0.25) is 0 Å². The molecule has 0 unspecified atom stereocenters. The van der Waals surface area contributed by atoms with Crippen molar-refractivity contribution in [2.45, 2.75) is 13.3 Å². The van der Waals surface area contributed by atoms with E-state index in [4.69, 9.17) is 0 Å². The Bertz CT molecular complexity index is 396. The highest BCUT2D eigenvalue weighted by molar-refractivity contribution is 6.00. The molecule has 15 heavy (non-hydrogen) atoms. The minimum atomic E-state index is -0.654. The van der Waals surface area contributed by atoms with E-state index in [2.05, 4.69) is 4.74 Å². The number of ketones is 1. The Morgan fingerprint density at radius 3 is 2.60 bits per heavy atom. The Balaban J connectivity index is 3.16. The first-order valence-corrected chi connectivity index (χ1v) is 4.54. The molecule has 1 rings (SSSR count). The van der Waals surface area contributed by atoms with Crippen LogP contribution in [0, 0.1) is 0 Å². The summed E-state index contributed by atoms with van der Waals surface area (Å²) in [6.07, 6.45) is 0.353. The van der Waals surface area contributed by atoms with Crippen molar-refractivity contribution in [2.75, 3.05) is 7.11 Å². The van der Waals surface area contributed by atoms with Crippen LogP contribution in [0.4, 0.5) is 0 Å². The van der Waals surface area contributed by atoms with Crippen LogP contribution in [0.5, 0.6) is 5.75 Å². The van der Waals surface area contributed by atoms with Gasteiger partial charge in [-0.1, -0.05) is 6.92 Å². The van der Waals surface area contributed by atoms with Crippen molar-refractivity contribution in [3.63, 3.8) is 0 Å². The summed E-state index contributed by atoms with van der Waals surface area (Å²) < 4.78 is 4.48. The number of carbonyl (C=O) groups is 2. The largest absolute Gasteiger partial charge is 0.507 e. The van der Waals surface area contributed by atoms with Crippen molar-refractivity contribution in [3.05, 3.63) is 29.3 Å². The average molecular weight is 208 g/mol. The van der Waals surface area contributed by atoms with Gasteiger partial charge in [-0.3, -0.25) is 4.79 Å². The monoisotopic (exact) mass is 208 g/mol. The number of esters is 1. The number of hydrogen-bond donors (Lipinski definition) is 1. The number of phenols is 1. The van der Waals surface area contributed by atoms with Crippen molar-refractivity contribution in [1.82, 2.24) is 0 Å². The van der Waals surface area contributed by atoms with Crippen molar-refractivity contribution < 1.29 is 19.4 Å². The van der Waals surface area contributed by atoms with E-state index in [9.17, 15) is 14.7 Å². The highest BCUT2D eigenvalue weighted by Gasteiger charge is 2.14. The summed E-state index contributed by atoms with van der Waals surface area (Å²) in [5.74, 6) is -0.923. The molecule has 1 aromatic rings. The lowest BCUT2D eigenvalue weighted by Crippen LogP contribution is -2.04. The Morgan fingerprint density at radius 2 is 2.07 bits per heavy atom. The molecule has 0 spiro atoms. The molecule has 0 aliphatic rings. The molecule has 0 aromatic heterocycles. The molecular formula is C11H12O4. The summed E-state index contributed by atoms with van der Waals surface area (Å²) in [6.45, 7) is 1.73. The van der Waals surface area contributed by atoms with Gasteiger partial charge in [0.15, 0.2) is 5.78 Å². The van der Waals surface area contributed by atoms with Gasteiger partial charge in [-0.15, -0.1) is 0 Å². The van der Waals surface area contributed by atoms with E-state index in [0.717, 1.165) is 0 Å². The molecule has 4 nitrogen and oxygen atoms in total. The van der Waals surface area contributed by atoms with E-state index in [1.807, 2.05) is 0 Å². The standard InChI is InChI=1S/C11H12O4/c1-3-9(12)7-4-5-10(13)8(6-7)11(14)15-2/h4-6,13H,3H2,1-2H3. The quantitative estimate of drug-likeness (QED) is 0.607. The van der Waals surface area contributed by atoms with E-state index in [0.29, 0.717) is 12.0 Å². The molecule has 0 aliphatic heterocycles. The number of methoxy groups -OCH3 is 1. The molecule has 0 fully saturated rings. The number of carbonyl (C=O) groups excluding carboxylic acids is 2. The first kappa shape index (κ1) is 11.2. The van der Waals surface area contributed by atoms with Gasteiger partial charge >= 0.3 is 5.97 Å². The average Bonchev–Trinajstić information content (AvgIpc) is 2.27. The fourth-order valence-corrected chi connectivity index (χ4v) is 1.19. The first-order valence-electron chi connectivity index (χ1n) is 4.54. The lowest BCUT2D eigenvalue weighted by atomic mass is 10.0. The van der Waals surface area contributed by atoms with Crippen LogP contribution in [0.3, 0.4) is 0 Å². The van der Waals surface area contributed by atoms with Crippen LogP contribution in [0.25, 0.3) is 0 Å². The van der Waals surface area contributed by atoms with Crippen molar-refractivity contribution in [1.29, 1.82) is 0 Å². The van der Waals surface area contributed by atoms with Crippen LogP contribution < -0.4 is 0 Å².